The summed E-state index contributed by atoms with van der Waals surface area (Å²) in [6, 6.07) is -0.176. The van der Waals surface area contributed by atoms with Gasteiger partial charge in [0.2, 0.25) is 0 Å². The SMILES string of the molecule is COC(=O)[C@@H]1[C@H](N(C)C)C=CC(C)(C)[C@H]1C(=O)OC. The van der Waals surface area contributed by atoms with Crippen LogP contribution in [0.5, 0.6) is 0 Å². The van der Waals surface area contributed by atoms with Gasteiger partial charge in [-0.1, -0.05) is 26.0 Å². The highest BCUT2D eigenvalue weighted by atomic mass is 16.5. The Bertz CT molecular complexity index is 387. The zero-order chi connectivity index (χ0) is 14.8. The highest BCUT2D eigenvalue weighted by Gasteiger charge is 2.50. The second-order valence-corrected chi connectivity index (χ2v) is 5.68. The molecule has 1 rings (SSSR count). The zero-order valence-corrected chi connectivity index (χ0v) is 12.5. The zero-order valence-electron chi connectivity index (χ0n) is 12.5. The van der Waals surface area contributed by atoms with Crippen LogP contribution in [0.2, 0.25) is 0 Å². The molecule has 0 fully saturated rings. The molecule has 0 aromatic rings. The van der Waals surface area contributed by atoms with Gasteiger partial charge in [-0.2, -0.15) is 0 Å². The van der Waals surface area contributed by atoms with Gasteiger partial charge in [0.05, 0.1) is 26.1 Å². The fourth-order valence-electron chi connectivity index (χ4n) is 2.71. The third-order valence-electron chi connectivity index (χ3n) is 3.78. The number of hydrogen-bond acceptors (Lipinski definition) is 5. The molecule has 0 saturated heterocycles. The van der Waals surface area contributed by atoms with Crippen molar-refractivity contribution in [3.8, 4) is 0 Å². The van der Waals surface area contributed by atoms with Crippen LogP contribution in [0, 0.1) is 17.3 Å². The Morgan fingerprint density at radius 2 is 1.63 bits per heavy atom. The van der Waals surface area contributed by atoms with Crippen LogP contribution in [-0.2, 0) is 19.1 Å². The van der Waals surface area contributed by atoms with E-state index in [1.807, 2.05) is 45.0 Å². The van der Waals surface area contributed by atoms with Crippen LogP contribution < -0.4 is 0 Å². The minimum Gasteiger partial charge on any atom is -0.469 e. The van der Waals surface area contributed by atoms with Crippen molar-refractivity contribution in [2.75, 3.05) is 28.3 Å². The van der Waals surface area contributed by atoms with Crippen LogP contribution in [0.25, 0.3) is 0 Å². The lowest BCUT2D eigenvalue weighted by Gasteiger charge is -2.42. The fourth-order valence-corrected chi connectivity index (χ4v) is 2.71. The maximum atomic E-state index is 12.1. The van der Waals surface area contributed by atoms with Gasteiger partial charge in [-0.05, 0) is 19.5 Å². The van der Waals surface area contributed by atoms with E-state index in [-0.39, 0.29) is 18.0 Å². The van der Waals surface area contributed by atoms with E-state index in [2.05, 4.69) is 0 Å². The number of likely N-dealkylation sites (N-methyl/N-ethyl adjacent to an activating group) is 1. The molecule has 0 saturated carbocycles. The molecule has 5 heteroatoms. The molecule has 19 heavy (non-hydrogen) atoms. The molecule has 1 aliphatic carbocycles. The lowest BCUT2D eigenvalue weighted by molar-refractivity contribution is -0.164. The first-order chi connectivity index (χ1) is 8.76. The van der Waals surface area contributed by atoms with Crippen molar-refractivity contribution in [3.63, 3.8) is 0 Å². The molecule has 0 N–H and O–H groups in total. The summed E-state index contributed by atoms with van der Waals surface area (Å²) in [5, 5.41) is 0. The van der Waals surface area contributed by atoms with Gasteiger partial charge in [-0.3, -0.25) is 9.59 Å². The van der Waals surface area contributed by atoms with Gasteiger partial charge in [0.15, 0.2) is 0 Å². The maximum absolute atomic E-state index is 12.1. The largest absolute Gasteiger partial charge is 0.469 e. The minimum atomic E-state index is -0.563. The summed E-state index contributed by atoms with van der Waals surface area (Å²) >= 11 is 0. The molecule has 0 bridgehead atoms. The molecule has 0 aliphatic heterocycles. The predicted molar refractivity (Wildman–Crippen MR) is 71.4 cm³/mol. The minimum absolute atomic E-state index is 0.176. The number of rotatable bonds is 3. The lowest BCUT2D eigenvalue weighted by Crippen LogP contribution is -2.52. The Balaban J connectivity index is 3.29. The Morgan fingerprint density at radius 3 is 2.05 bits per heavy atom. The average molecular weight is 269 g/mol. The Hall–Kier alpha value is -1.36. The van der Waals surface area contributed by atoms with Crippen molar-refractivity contribution < 1.29 is 19.1 Å². The topological polar surface area (TPSA) is 55.8 Å². The smallest absolute Gasteiger partial charge is 0.311 e. The van der Waals surface area contributed by atoms with Crippen LogP contribution >= 0.6 is 0 Å². The molecular formula is C14H23NO4. The highest BCUT2D eigenvalue weighted by molar-refractivity contribution is 5.84. The molecule has 3 atom stereocenters. The fraction of sp³-hybridized carbons (Fsp3) is 0.714. The van der Waals surface area contributed by atoms with Crippen LogP contribution in [0.1, 0.15) is 13.8 Å². The number of nitrogens with zero attached hydrogens (tertiary/aromatic N) is 1. The summed E-state index contributed by atoms with van der Waals surface area (Å²) in [7, 11) is 6.43. The molecule has 1 aliphatic rings. The molecule has 0 amide bonds. The van der Waals surface area contributed by atoms with Crippen LogP contribution in [-0.4, -0.2) is 51.2 Å². The molecule has 0 unspecified atom stereocenters. The quantitative estimate of drug-likeness (QED) is 0.567. The monoisotopic (exact) mass is 269 g/mol. The van der Waals surface area contributed by atoms with E-state index in [4.69, 9.17) is 9.47 Å². The summed E-state index contributed by atoms with van der Waals surface area (Å²) in [6.45, 7) is 3.85. The molecule has 0 heterocycles. The number of esters is 2. The van der Waals surface area contributed by atoms with E-state index >= 15 is 0 Å². The summed E-state index contributed by atoms with van der Waals surface area (Å²) < 4.78 is 9.76. The number of carbonyl (C=O) groups is 2. The van der Waals surface area contributed by atoms with E-state index < -0.39 is 17.3 Å². The van der Waals surface area contributed by atoms with Gasteiger partial charge in [-0.15, -0.1) is 0 Å². The Kier molecular flexibility index (Phi) is 4.74. The van der Waals surface area contributed by atoms with Crippen molar-refractivity contribution in [2.24, 2.45) is 17.3 Å². The van der Waals surface area contributed by atoms with Gasteiger partial charge < -0.3 is 14.4 Å². The molecule has 5 nitrogen and oxygen atoms in total. The summed E-state index contributed by atoms with van der Waals surface area (Å²) in [5.74, 6) is -1.88. The van der Waals surface area contributed by atoms with Crippen molar-refractivity contribution in [1.29, 1.82) is 0 Å². The number of ether oxygens (including phenoxy) is 2. The highest BCUT2D eigenvalue weighted by Crippen LogP contribution is 2.42. The second kappa shape index (κ2) is 5.74. The van der Waals surface area contributed by atoms with Crippen LogP contribution in [0.4, 0.5) is 0 Å². The summed E-state index contributed by atoms with van der Waals surface area (Å²) in [4.78, 5) is 26.1. The number of methoxy groups -OCH3 is 2. The maximum Gasteiger partial charge on any atom is 0.311 e. The van der Waals surface area contributed by atoms with Crippen molar-refractivity contribution in [2.45, 2.75) is 19.9 Å². The first-order valence-electron chi connectivity index (χ1n) is 6.27. The standard InChI is InChI=1S/C14H23NO4/c1-14(2)8-7-9(15(3)4)10(12(16)18-5)11(14)13(17)19-6/h7-11H,1-6H3/t9-,10-,11-/m1/s1. The molecular weight excluding hydrogens is 246 g/mol. The Labute approximate surface area is 114 Å². The molecule has 0 aromatic heterocycles. The second-order valence-electron chi connectivity index (χ2n) is 5.68. The number of carbonyl (C=O) groups excluding carboxylic acids is 2. The van der Waals surface area contributed by atoms with E-state index in [0.29, 0.717) is 0 Å². The summed E-state index contributed by atoms with van der Waals surface area (Å²) in [5.41, 5.74) is -0.446. The number of allylic oxidation sites excluding steroid dienone is 1. The van der Waals surface area contributed by atoms with E-state index in [9.17, 15) is 9.59 Å². The van der Waals surface area contributed by atoms with Gasteiger partial charge in [-0.25, -0.2) is 0 Å². The van der Waals surface area contributed by atoms with Crippen LogP contribution in [0.3, 0.4) is 0 Å². The molecule has 0 radical (unpaired) electrons. The lowest BCUT2D eigenvalue weighted by atomic mass is 9.65. The van der Waals surface area contributed by atoms with Crippen LogP contribution in [0.15, 0.2) is 12.2 Å². The molecule has 0 spiro atoms. The third-order valence-corrected chi connectivity index (χ3v) is 3.78. The third kappa shape index (κ3) is 2.97. The molecule has 0 aromatic carbocycles. The van der Waals surface area contributed by atoms with Crippen molar-refractivity contribution >= 4 is 11.9 Å². The summed E-state index contributed by atoms with van der Waals surface area (Å²) in [6.07, 6.45) is 3.93. The van der Waals surface area contributed by atoms with Crippen molar-refractivity contribution in [1.82, 2.24) is 4.90 Å². The van der Waals surface area contributed by atoms with Crippen molar-refractivity contribution in [3.05, 3.63) is 12.2 Å². The first kappa shape index (κ1) is 15.7. The van der Waals surface area contributed by atoms with E-state index in [0.717, 1.165) is 0 Å². The predicted octanol–water partition coefficient (Wildman–Crippen LogP) is 1.09. The molecule has 108 valence electrons. The van der Waals surface area contributed by atoms with Gasteiger partial charge >= 0.3 is 11.9 Å². The first-order valence-corrected chi connectivity index (χ1v) is 6.27. The number of hydrogen-bond donors (Lipinski definition) is 0. The van der Waals surface area contributed by atoms with Gasteiger partial charge in [0.25, 0.3) is 0 Å². The van der Waals surface area contributed by atoms with E-state index in [1.54, 1.807) is 0 Å². The van der Waals surface area contributed by atoms with Gasteiger partial charge in [0, 0.05) is 6.04 Å². The average Bonchev–Trinajstić information content (AvgIpc) is 2.35. The normalized spacial score (nSPS) is 29.1. The van der Waals surface area contributed by atoms with Gasteiger partial charge in [0.1, 0.15) is 0 Å². The Morgan fingerprint density at radius 1 is 1.11 bits per heavy atom. The van der Waals surface area contributed by atoms with E-state index in [1.165, 1.54) is 14.2 Å².